The van der Waals surface area contributed by atoms with E-state index in [-0.39, 0.29) is 0 Å². The van der Waals surface area contributed by atoms with Gasteiger partial charge in [-0.25, -0.2) is 0 Å². The molecule has 18 heavy (non-hydrogen) atoms. The van der Waals surface area contributed by atoms with Crippen LogP contribution in [0.5, 0.6) is 0 Å². The van der Waals surface area contributed by atoms with Crippen molar-refractivity contribution in [2.45, 2.75) is 27.2 Å². The molecule has 2 aromatic carbocycles. The highest BCUT2D eigenvalue weighted by Gasteiger charge is 2.14. The minimum Gasteiger partial charge on any atom is -0.377 e. The Hall–Kier alpha value is -1.50. The zero-order valence-electron chi connectivity index (χ0n) is 12.1. The van der Waals surface area contributed by atoms with Gasteiger partial charge in [0.05, 0.1) is 0 Å². The predicted octanol–water partition coefficient (Wildman–Crippen LogP) is 4.49. The normalized spacial score (nSPS) is 11.8. The molecule has 0 unspecified atom stereocenters. The quantitative estimate of drug-likeness (QED) is 0.748. The Morgan fingerprint density at radius 2 is 1.50 bits per heavy atom. The molecule has 0 saturated heterocycles. The Kier molecular flexibility index (Phi) is 3.34. The van der Waals surface area contributed by atoms with Gasteiger partial charge in [-0.15, -0.1) is 0 Å². The summed E-state index contributed by atoms with van der Waals surface area (Å²) in [6.45, 7) is 6.88. The SMILES string of the molecule is CN(C)c1cccc2c(CC(C)(C)C)cccc12. The van der Waals surface area contributed by atoms with Gasteiger partial charge >= 0.3 is 0 Å². The van der Waals surface area contributed by atoms with Crippen molar-refractivity contribution in [2.24, 2.45) is 5.41 Å². The maximum absolute atomic E-state index is 2.29. The van der Waals surface area contributed by atoms with Crippen LogP contribution in [0.15, 0.2) is 36.4 Å². The molecule has 0 fully saturated rings. The van der Waals surface area contributed by atoms with Crippen molar-refractivity contribution < 1.29 is 0 Å². The molecule has 0 aliphatic carbocycles. The zero-order chi connectivity index (χ0) is 13.3. The minimum atomic E-state index is 0.322. The highest BCUT2D eigenvalue weighted by molar-refractivity contribution is 5.96. The second-order valence-electron chi connectivity index (χ2n) is 6.42. The summed E-state index contributed by atoms with van der Waals surface area (Å²) in [5.41, 5.74) is 3.06. The van der Waals surface area contributed by atoms with Gasteiger partial charge in [-0.2, -0.15) is 0 Å². The Morgan fingerprint density at radius 3 is 2.11 bits per heavy atom. The lowest BCUT2D eigenvalue weighted by Crippen LogP contribution is -2.11. The largest absolute Gasteiger partial charge is 0.377 e. The fourth-order valence-corrected chi connectivity index (χ4v) is 2.47. The van der Waals surface area contributed by atoms with E-state index in [2.05, 4.69) is 76.2 Å². The van der Waals surface area contributed by atoms with Gasteiger partial charge in [0.25, 0.3) is 0 Å². The monoisotopic (exact) mass is 241 g/mol. The number of anilines is 1. The molecule has 0 atom stereocenters. The van der Waals surface area contributed by atoms with Crippen LogP contribution in [0, 0.1) is 5.41 Å². The van der Waals surface area contributed by atoms with Crippen LogP contribution in [0.4, 0.5) is 5.69 Å². The van der Waals surface area contributed by atoms with Crippen LogP contribution >= 0.6 is 0 Å². The van der Waals surface area contributed by atoms with Gasteiger partial charge < -0.3 is 4.90 Å². The van der Waals surface area contributed by atoms with Gasteiger partial charge in [0, 0.05) is 25.2 Å². The number of rotatable bonds is 2. The Balaban J connectivity index is 2.60. The second kappa shape index (κ2) is 4.64. The maximum Gasteiger partial charge on any atom is 0.0440 e. The molecular weight excluding hydrogens is 218 g/mol. The average Bonchev–Trinajstić information content (AvgIpc) is 2.26. The van der Waals surface area contributed by atoms with Crippen molar-refractivity contribution in [3.05, 3.63) is 42.0 Å². The molecule has 2 rings (SSSR count). The number of hydrogen-bond acceptors (Lipinski definition) is 1. The first kappa shape index (κ1) is 12.9. The third kappa shape index (κ3) is 2.66. The summed E-state index contributed by atoms with van der Waals surface area (Å²) in [5.74, 6) is 0. The van der Waals surface area contributed by atoms with E-state index in [0.29, 0.717) is 5.41 Å². The third-order valence-electron chi connectivity index (χ3n) is 3.19. The Labute approximate surface area is 110 Å². The smallest absolute Gasteiger partial charge is 0.0440 e. The summed E-state index contributed by atoms with van der Waals surface area (Å²) in [6, 6.07) is 13.2. The summed E-state index contributed by atoms with van der Waals surface area (Å²) in [5, 5.41) is 2.74. The lowest BCUT2D eigenvalue weighted by Gasteiger charge is -2.21. The molecule has 0 heterocycles. The molecule has 0 saturated carbocycles. The average molecular weight is 241 g/mol. The van der Waals surface area contributed by atoms with Crippen LogP contribution in [0.2, 0.25) is 0 Å². The molecule has 0 amide bonds. The fraction of sp³-hybridized carbons (Fsp3) is 0.412. The summed E-state index contributed by atoms with van der Waals surface area (Å²) < 4.78 is 0. The first-order valence-electron chi connectivity index (χ1n) is 6.56. The van der Waals surface area contributed by atoms with Crippen LogP contribution in [0.3, 0.4) is 0 Å². The van der Waals surface area contributed by atoms with E-state index in [1.165, 1.54) is 22.0 Å². The summed E-state index contributed by atoms with van der Waals surface area (Å²) in [7, 11) is 4.20. The number of benzene rings is 2. The predicted molar refractivity (Wildman–Crippen MR) is 81.4 cm³/mol. The van der Waals surface area contributed by atoms with Crippen LogP contribution in [0.25, 0.3) is 10.8 Å². The highest BCUT2D eigenvalue weighted by Crippen LogP contribution is 2.31. The molecule has 1 nitrogen and oxygen atoms in total. The number of hydrogen-bond donors (Lipinski definition) is 0. The van der Waals surface area contributed by atoms with E-state index in [9.17, 15) is 0 Å². The van der Waals surface area contributed by atoms with Gasteiger partial charge in [0.1, 0.15) is 0 Å². The maximum atomic E-state index is 2.29. The topological polar surface area (TPSA) is 3.24 Å². The standard InChI is InChI=1S/C17H23N/c1-17(2,3)12-13-8-6-10-15-14(13)9-7-11-16(15)18(4)5/h6-11H,12H2,1-5H3. The summed E-state index contributed by atoms with van der Waals surface area (Å²) in [4.78, 5) is 2.18. The van der Waals surface area contributed by atoms with E-state index in [4.69, 9.17) is 0 Å². The molecule has 0 bridgehead atoms. The van der Waals surface area contributed by atoms with E-state index >= 15 is 0 Å². The Bertz CT molecular complexity index is 547. The molecule has 0 aromatic heterocycles. The summed E-state index contributed by atoms with van der Waals surface area (Å²) >= 11 is 0. The van der Waals surface area contributed by atoms with Crippen molar-refractivity contribution >= 4 is 16.5 Å². The van der Waals surface area contributed by atoms with E-state index < -0.39 is 0 Å². The van der Waals surface area contributed by atoms with Crippen molar-refractivity contribution in [1.82, 2.24) is 0 Å². The van der Waals surface area contributed by atoms with Gasteiger partial charge in [-0.05, 0) is 28.9 Å². The fourth-order valence-electron chi connectivity index (χ4n) is 2.47. The van der Waals surface area contributed by atoms with E-state index in [0.717, 1.165) is 6.42 Å². The highest BCUT2D eigenvalue weighted by atomic mass is 15.1. The summed E-state index contributed by atoms with van der Waals surface area (Å²) in [6.07, 6.45) is 1.11. The minimum absolute atomic E-state index is 0.322. The lowest BCUT2D eigenvalue weighted by molar-refractivity contribution is 0.412. The van der Waals surface area contributed by atoms with Gasteiger partial charge in [0.15, 0.2) is 0 Å². The van der Waals surface area contributed by atoms with Gasteiger partial charge in [-0.1, -0.05) is 51.1 Å². The van der Waals surface area contributed by atoms with Crippen molar-refractivity contribution in [1.29, 1.82) is 0 Å². The molecule has 0 spiro atoms. The zero-order valence-corrected chi connectivity index (χ0v) is 12.1. The third-order valence-corrected chi connectivity index (χ3v) is 3.19. The van der Waals surface area contributed by atoms with Crippen LogP contribution < -0.4 is 4.90 Å². The first-order valence-corrected chi connectivity index (χ1v) is 6.56. The van der Waals surface area contributed by atoms with Crippen LogP contribution in [-0.4, -0.2) is 14.1 Å². The van der Waals surface area contributed by atoms with Gasteiger partial charge in [-0.3, -0.25) is 0 Å². The molecule has 2 aromatic rings. The molecule has 0 N–H and O–H groups in total. The van der Waals surface area contributed by atoms with Crippen molar-refractivity contribution in [3.63, 3.8) is 0 Å². The molecule has 0 aliphatic rings. The van der Waals surface area contributed by atoms with Gasteiger partial charge in [0.2, 0.25) is 0 Å². The number of fused-ring (bicyclic) bond motifs is 1. The van der Waals surface area contributed by atoms with Crippen molar-refractivity contribution in [3.8, 4) is 0 Å². The molecule has 0 aliphatic heterocycles. The lowest BCUT2D eigenvalue weighted by atomic mass is 9.86. The molecule has 1 heteroatoms. The molecule has 0 radical (unpaired) electrons. The number of nitrogens with zero attached hydrogens (tertiary/aromatic N) is 1. The first-order chi connectivity index (χ1) is 8.38. The van der Waals surface area contributed by atoms with E-state index in [1.807, 2.05) is 0 Å². The second-order valence-corrected chi connectivity index (χ2v) is 6.42. The van der Waals surface area contributed by atoms with Crippen LogP contribution in [0.1, 0.15) is 26.3 Å². The van der Waals surface area contributed by atoms with E-state index in [1.54, 1.807) is 0 Å². The Morgan fingerprint density at radius 1 is 0.889 bits per heavy atom. The molecule has 96 valence electrons. The molecular formula is C17H23N. The van der Waals surface area contributed by atoms with Crippen LogP contribution in [-0.2, 0) is 6.42 Å². The van der Waals surface area contributed by atoms with Crippen molar-refractivity contribution in [2.75, 3.05) is 19.0 Å².